The first kappa shape index (κ1) is 14.6. The molecule has 1 aromatic rings. The van der Waals surface area contributed by atoms with Gasteiger partial charge < -0.3 is 4.90 Å². The van der Waals surface area contributed by atoms with E-state index in [-0.39, 0.29) is 5.91 Å². The van der Waals surface area contributed by atoms with Gasteiger partial charge in [-0.25, -0.2) is 4.98 Å². The van der Waals surface area contributed by atoms with Crippen LogP contribution < -0.4 is 0 Å². The van der Waals surface area contributed by atoms with E-state index in [0.717, 1.165) is 0 Å². The summed E-state index contributed by atoms with van der Waals surface area (Å²) in [4.78, 5) is 17.6. The molecule has 0 bridgehead atoms. The minimum absolute atomic E-state index is 0.0788. The minimum atomic E-state index is -0.564. The molecule has 1 amide bonds. The molecule has 3 nitrogen and oxygen atoms in total. The molecule has 1 aromatic heterocycles. The van der Waals surface area contributed by atoms with Gasteiger partial charge in [-0.2, -0.15) is 4.39 Å². The average Bonchev–Trinajstić information content (AvgIpc) is 2.27. The fourth-order valence-corrected chi connectivity index (χ4v) is 1.81. The lowest BCUT2D eigenvalue weighted by Crippen LogP contribution is -2.37. The number of carbonyl (C=O) groups is 1. The molecule has 1 heterocycles. The fraction of sp³-hybridized carbons (Fsp3) is 0.571. The summed E-state index contributed by atoms with van der Waals surface area (Å²) in [6.45, 7) is 9.70. The van der Waals surface area contributed by atoms with Crippen molar-refractivity contribution in [3.05, 3.63) is 29.8 Å². The SMILES string of the molecule is CC(C)CN(CC(C)C)C(=O)c1ccc(F)nc1. The Kier molecular flexibility index (Phi) is 5.25. The van der Waals surface area contributed by atoms with E-state index in [1.54, 1.807) is 0 Å². The molecular weight excluding hydrogens is 231 g/mol. The lowest BCUT2D eigenvalue weighted by Gasteiger charge is -2.26. The van der Waals surface area contributed by atoms with Gasteiger partial charge in [0.05, 0.1) is 5.56 Å². The van der Waals surface area contributed by atoms with Crippen LogP contribution in [0.2, 0.25) is 0 Å². The van der Waals surface area contributed by atoms with E-state index in [1.807, 2.05) is 4.90 Å². The molecule has 0 spiro atoms. The highest BCUT2D eigenvalue weighted by Gasteiger charge is 2.18. The van der Waals surface area contributed by atoms with Gasteiger partial charge in [-0.05, 0) is 24.0 Å². The highest BCUT2D eigenvalue weighted by Crippen LogP contribution is 2.10. The van der Waals surface area contributed by atoms with Crippen LogP contribution in [0.15, 0.2) is 18.3 Å². The van der Waals surface area contributed by atoms with Crippen molar-refractivity contribution in [3.8, 4) is 0 Å². The zero-order chi connectivity index (χ0) is 13.7. The second-order valence-corrected chi connectivity index (χ2v) is 5.37. The second-order valence-electron chi connectivity index (χ2n) is 5.37. The van der Waals surface area contributed by atoms with E-state index in [2.05, 4.69) is 32.7 Å². The predicted octanol–water partition coefficient (Wildman–Crippen LogP) is 2.97. The summed E-state index contributed by atoms with van der Waals surface area (Å²) in [6.07, 6.45) is 1.30. The van der Waals surface area contributed by atoms with Crippen molar-refractivity contribution >= 4 is 5.91 Å². The highest BCUT2D eigenvalue weighted by molar-refractivity contribution is 5.93. The molecule has 4 heteroatoms. The van der Waals surface area contributed by atoms with Gasteiger partial charge >= 0.3 is 0 Å². The molecule has 0 aliphatic rings. The smallest absolute Gasteiger partial charge is 0.255 e. The number of rotatable bonds is 5. The maximum Gasteiger partial charge on any atom is 0.255 e. The Labute approximate surface area is 108 Å². The zero-order valence-corrected chi connectivity index (χ0v) is 11.5. The lowest BCUT2D eigenvalue weighted by atomic mass is 10.1. The molecule has 0 atom stereocenters. The van der Waals surface area contributed by atoms with E-state index >= 15 is 0 Å². The number of pyridine rings is 1. The Bertz CT molecular complexity index is 377. The van der Waals surface area contributed by atoms with Crippen LogP contribution in [0.25, 0.3) is 0 Å². The Morgan fingerprint density at radius 2 is 1.78 bits per heavy atom. The van der Waals surface area contributed by atoms with Crippen LogP contribution in [-0.4, -0.2) is 28.9 Å². The van der Waals surface area contributed by atoms with Gasteiger partial charge in [-0.1, -0.05) is 27.7 Å². The van der Waals surface area contributed by atoms with Gasteiger partial charge in [-0.15, -0.1) is 0 Å². The third kappa shape index (κ3) is 4.43. The highest BCUT2D eigenvalue weighted by atomic mass is 19.1. The first-order chi connectivity index (χ1) is 8.40. The first-order valence-corrected chi connectivity index (χ1v) is 6.31. The van der Waals surface area contributed by atoms with Crippen molar-refractivity contribution in [1.82, 2.24) is 9.88 Å². The number of hydrogen-bond acceptors (Lipinski definition) is 2. The third-order valence-corrected chi connectivity index (χ3v) is 2.43. The van der Waals surface area contributed by atoms with E-state index in [4.69, 9.17) is 0 Å². The summed E-state index contributed by atoms with van der Waals surface area (Å²) in [5, 5.41) is 0. The van der Waals surface area contributed by atoms with Crippen LogP contribution in [0.1, 0.15) is 38.1 Å². The van der Waals surface area contributed by atoms with E-state index in [1.165, 1.54) is 18.3 Å². The van der Waals surface area contributed by atoms with Crippen molar-refractivity contribution in [2.45, 2.75) is 27.7 Å². The normalized spacial score (nSPS) is 11.1. The van der Waals surface area contributed by atoms with Gasteiger partial charge in [0.1, 0.15) is 0 Å². The van der Waals surface area contributed by atoms with Crippen molar-refractivity contribution in [1.29, 1.82) is 0 Å². The van der Waals surface area contributed by atoms with Crippen molar-refractivity contribution in [2.24, 2.45) is 11.8 Å². The number of aromatic nitrogens is 1. The predicted molar refractivity (Wildman–Crippen MR) is 69.8 cm³/mol. The summed E-state index contributed by atoms with van der Waals surface area (Å²) in [6, 6.07) is 2.70. The third-order valence-electron chi connectivity index (χ3n) is 2.43. The van der Waals surface area contributed by atoms with Gasteiger partial charge in [0.15, 0.2) is 0 Å². The maximum atomic E-state index is 12.7. The molecule has 0 unspecified atom stereocenters. The van der Waals surface area contributed by atoms with Gasteiger partial charge in [-0.3, -0.25) is 4.79 Å². The number of halogens is 1. The Morgan fingerprint density at radius 1 is 1.22 bits per heavy atom. The monoisotopic (exact) mass is 252 g/mol. The van der Waals surface area contributed by atoms with Gasteiger partial charge in [0.2, 0.25) is 5.95 Å². The van der Waals surface area contributed by atoms with Gasteiger partial charge in [0, 0.05) is 19.3 Å². The lowest BCUT2D eigenvalue weighted by molar-refractivity contribution is 0.0714. The maximum absolute atomic E-state index is 12.7. The molecule has 0 aromatic carbocycles. The molecular formula is C14H21FN2O. The van der Waals surface area contributed by atoms with E-state index in [9.17, 15) is 9.18 Å². The molecule has 0 fully saturated rings. The summed E-state index contributed by atoms with van der Waals surface area (Å²) in [5.74, 6) is 0.165. The van der Waals surface area contributed by atoms with Crippen LogP contribution in [0.3, 0.4) is 0 Å². The topological polar surface area (TPSA) is 33.2 Å². The van der Waals surface area contributed by atoms with Crippen LogP contribution in [0, 0.1) is 17.8 Å². The fourth-order valence-electron chi connectivity index (χ4n) is 1.81. The molecule has 0 aliphatic carbocycles. The second kappa shape index (κ2) is 6.47. The summed E-state index contributed by atoms with van der Waals surface area (Å²) < 4.78 is 12.7. The van der Waals surface area contributed by atoms with E-state index in [0.29, 0.717) is 30.5 Å². The van der Waals surface area contributed by atoms with Crippen LogP contribution in [0.5, 0.6) is 0 Å². The molecule has 0 radical (unpaired) electrons. The quantitative estimate of drug-likeness (QED) is 0.755. The first-order valence-electron chi connectivity index (χ1n) is 6.31. The Morgan fingerprint density at radius 3 is 2.17 bits per heavy atom. The van der Waals surface area contributed by atoms with Crippen LogP contribution in [0.4, 0.5) is 4.39 Å². The largest absolute Gasteiger partial charge is 0.338 e. The number of hydrogen-bond donors (Lipinski definition) is 0. The van der Waals surface area contributed by atoms with Crippen molar-refractivity contribution in [2.75, 3.05) is 13.1 Å². The number of nitrogens with zero attached hydrogens (tertiary/aromatic N) is 2. The molecule has 0 saturated heterocycles. The average molecular weight is 252 g/mol. The van der Waals surface area contributed by atoms with E-state index < -0.39 is 5.95 Å². The van der Waals surface area contributed by atoms with Gasteiger partial charge in [0.25, 0.3) is 5.91 Å². The number of carbonyl (C=O) groups excluding carboxylic acids is 1. The molecule has 1 rings (SSSR count). The molecule has 0 N–H and O–H groups in total. The molecule has 0 saturated carbocycles. The molecule has 0 aliphatic heterocycles. The Balaban J connectivity index is 2.83. The van der Waals surface area contributed by atoms with Crippen LogP contribution >= 0.6 is 0 Å². The molecule has 100 valence electrons. The van der Waals surface area contributed by atoms with Crippen molar-refractivity contribution in [3.63, 3.8) is 0 Å². The zero-order valence-electron chi connectivity index (χ0n) is 11.5. The minimum Gasteiger partial charge on any atom is -0.338 e. The number of amides is 1. The molecule has 18 heavy (non-hydrogen) atoms. The standard InChI is InChI=1S/C14H21FN2O/c1-10(2)8-17(9-11(3)4)14(18)12-5-6-13(15)16-7-12/h5-7,10-11H,8-9H2,1-4H3. The van der Waals surface area contributed by atoms with Crippen LogP contribution in [-0.2, 0) is 0 Å². The summed E-state index contributed by atoms with van der Waals surface area (Å²) >= 11 is 0. The van der Waals surface area contributed by atoms with Crippen molar-refractivity contribution < 1.29 is 9.18 Å². The summed E-state index contributed by atoms with van der Waals surface area (Å²) in [5.41, 5.74) is 0.442. The summed E-state index contributed by atoms with van der Waals surface area (Å²) in [7, 11) is 0. The Hall–Kier alpha value is -1.45.